The fraction of sp³-hybridized carbons (Fsp3) is 0.391. The van der Waals surface area contributed by atoms with Crippen molar-refractivity contribution in [3.8, 4) is 0 Å². The molecule has 5 nitrogen and oxygen atoms in total. The summed E-state index contributed by atoms with van der Waals surface area (Å²) in [4.78, 5) is 32.5. The Morgan fingerprint density at radius 1 is 0.893 bits per heavy atom. The predicted molar refractivity (Wildman–Crippen MR) is 112 cm³/mol. The van der Waals surface area contributed by atoms with E-state index >= 15 is 0 Å². The molecule has 1 heterocycles. The second-order valence-electron chi connectivity index (χ2n) is 7.93. The Bertz CT molecular complexity index is 797. The van der Waals surface area contributed by atoms with E-state index in [2.05, 4.69) is 11.9 Å². The first-order valence-electron chi connectivity index (χ1n) is 9.78. The molecular formula is C23H29N3O2. The average molecular weight is 380 g/mol. The number of nitrogens with zero attached hydrogens (tertiary/aromatic N) is 3. The molecule has 2 amide bonds. The molecule has 5 heteroatoms. The van der Waals surface area contributed by atoms with Crippen molar-refractivity contribution >= 4 is 17.5 Å². The molecule has 28 heavy (non-hydrogen) atoms. The lowest BCUT2D eigenvalue weighted by atomic mass is 9.88. The first kappa shape index (κ1) is 20.1. The third kappa shape index (κ3) is 4.42. The molecule has 2 aromatic rings. The molecule has 1 fully saturated rings. The van der Waals surface area contributed by atoms with Gasteiger partial charge >= 0.3 is 0 Å². The fourth-order valence-corrected chi connectivity index (χ4v) is 3.49. The van der Waals surface area contributed by atoms with E-state index in [-0.39, 0.29) is 11.8 Å². The van der Waals surface area contributed by atoms with Gasteiger partial charge in [0.2, 0.25) is 11.8 Å². The summed E-state index contributed by atoms with van der Waals surface area (Å²) in [7, 11) is 2.05. The number of piperazine rings is 1. The summed E-state index contributed by atoms with van der Waals surface area (Å²) in [5.41, 5.74) is 0.707. The minimum atomic E-state index is -1.12. The molecule has 1 saturated heterocycles. The van der Waals surface area contributed by atoms with Gasteiger partial charge in [0.25, 0.3) is 0 Å². The maximum atomic E-state index is 13.6. The van der Waals surface area contributed by atoms with Gasteiger partial charge in [0.1, 0.15) is 5.41 Å². The quantitative estimate of drug-likeness (QED) is 0.750. The maximum Gasteiger partial charge on any atom is 0.242 e. The number of hydrogen-bond acceptors (Lipinski definition) is 3. The van der Waals surface area contributed by atoms with Crippen LogP contribution < -0.4 is 4.90 Å². The van der Waals surface area contributed by atoms with E-state index in [1.165, 1.54) is 0 Å². The number of carbonyl (C=O) groups is 2. The summed E-state index contributed by atoms with van der Waals surface area (Å²) < 4.78 is 0. The van der Waals surface area contributed by atoms with Gasteiger partial charge in [0.15, 0.2) is 0 Å². The van der Waals surface area contributed by atoms with Gasteiger partial charge in [-0.05, 0) is 38.6 Å². The van der Waals surface area contributed by atoms with E-state index in [1.54, 1.807) is 18.7 Å². The van der Waals surface area contributed by atoms with Crippen molar-refractivity contribution in [2.24, 2.45) is 5.41 Å². The van der Waals surface area contributed by atoms with Crippen molar-refractivity contribution in [1.82, 2.24) is 9.80 Å². The molecule has 0 spiro atoms. The van der Waals surface area contributed by atoms with Crippen molar-refractivity contribution in [3.63, 3.8) is 0 Å². The van der Waals surface area contributed by atoms with Crippen LogP contribution in [-0.2, 0) is 16.1 Å². The number of hydrogen-bond donors (Lipinski definition) is 0. The van der Waals surface area contributed by atoms with Gasteiger partial charge in [0.05, 0.1) is 6.54 Å². The van der Waals surface area contributed by atoms with Crippen molar-refractivity contribution < 1.29 is 9.59 Å². The summed E-state index contributed by atoms with van der Waals surface area (Å²) in [6, 6.07) is 19.5. The molecule has 0 radical (unpaired) electrons. The summed E-state index contributed by atoms with van der Waals surface area (Å²) in [5, 5.41) is 0. The zero-order valence-corrected chi connectivity index (χ0v) is 17.0. The van der Waals surface area contributed by atoms with Crippen LogP contribution in [0.15, 0.2) is 60.7 Å². The number of para-hydroxylation sites is 1. The number of rotatable bonds is 5. The zero-order valence-electron chi connectivity index (χ0n) is 17.0. The van der Waals surface area contributed by atoms with Gasteiger partial charge < -0.3 is 14.7 Å². The molecule has 2 aromatic carbocycles. The van der Waals surface area contributed by atoms with E-state index < -0.39 is 5.41 Å². The number of benzene rings is 2. The molecule has 0 bridgehead atoms. The highest BCUT2D eigenvalue weighted by molar-refractivity contribution is 6.11. The highest BCUT2D eigenvalue weighted by Gasteiger charge is 2.42. The van der Waals surface area contributed by atoms with Crippen LogP contribution >= 0.6 is 0 Å². The Labute approximate surface area is 167 Å². The number of carbonyl (C=O) groups excluding carboxylic acids is 2. The first-order chi connectivity index (χ1) is 13.4. The molecule has 0 unspecified atom stereocenters. The molecule has 0 aliphatic carbocycles. The fourth-order valence-electron chi connectivity index (χ4n) is 3.49. The topological polar surface area (TPSA) is 43.9 Å². The lowest BCUT2D eigenvalue weighted by molar-refractivity contribution is -0.148. The number of anilines is 1. The highest BCUT2D eigenvalue weighted by atomic mass is 16.2. The smallest absolute Gasteiger partial charge is 0.242 e. The van der Waals surface area contributed by atoms with E-state index in [1.807, 2.05) is 65.6 Å². The summed E-state index contributed by atoms with van der Waals surface area (Å²) in [6.07, 6.45) is 0. The molecular weight excluding hydrogens is 350 g/mol. The van der Waals surface area contributed by atoms with Gasteiger partial charge in [-0.15, -0.1) is 0 Å². The van der Waals surface area contributed by atoms with Gasteiger partial charge in [-0.25, -0.2) is 0 Å². The molecule has 0 atom stereocenters. The minimum absolute atomic E-state index is 0.0976. The van der Waals surface area contributed by atoms with Crippen LogP contribution in [0.25, 0.3) is 0 Å². The Morgan fingerprint density at radius 3 is 2.00 bits per heavy atom. The van der Waals surface area contributed by atoms with Crippen molar-refractivity contribution in [3.05, 3.63) is 66.2 Å². The first-order valence-corrected chi connectivity index (χ1v) is 9.78. The SMILES string of the molecule is CN1CCN(C(=O)C(C)(C)C(=O)N(Cc2ccccc2)c2ccccc2)CC1. The average Bonchev–Trinajstić information content (AvgIpc) is 2.73. The largest absolute Gasteiger partial charge is 0.339 e. The second kappa shape index (κ2) is 8.57. The van der Waals surface area contributed by atoms with Crippen LogP contribution in [0.4, 0.5) is 5.69 Å². The molecule has 1 aliphatic rings. The zero-order chi connectivity index (χ0) is 20.1. The monoisotopic (exact) mass is 379 g/mol. The Morgan fingerprint density at radius 2 is 1.43 bits per heavy atom. The van der Waals surface area contributed by atoms with E-state index in [0.717, 1.165) is 24.3 Å². The Balaban J connectivity index is 1.86. The van der Waals surface area contributed by atoms with Gasteiger partial charge in [0, 0.05) is 31.9 Å². The Hall–Kier alpha value is -2.66. The number of likely N-dealkylation sites (N-methyl/N-ethyl adjacent to an activating group) is 1. The molecule has 3 rings (SSSR count). The third-order valence-corrected chi connectivity index (χ3v) is 5.36. The van der Waals surface area contributed by atoms with Gasteiger partial charge in [-0.1, -0.05) is 48.5 Å². The van der Waals surface area contributed by atoms with Crippen molar-refractivity contribution in [2.75, 3.05) is 38.1 Å². The molecule has 1 aliphatic heterocycles. The molecule has 148 valence electrons. The lowest BCUT2D eigenvalue weighted by Gasteiger charge is -2.38. The van der Waals surface area contributed by atoms with Crippen LogP contribution in [0.1, 0.15) is 19.4 Å². The highest BCUT2D eigenvalue weighted by Crippen LogP contribution is 2.28. The van der Waals surface area contributed by atoms with E-state index in [0.29, 0.717) is 19.6 Å². The van der Waals surface area contributed by atoms with Crippen LogP contribution in [-0.4, -0.2) is 54.8 Å². The van der Waals surface area contributed by atoms with Crippen LogP contribution in [0, 0.1) is 5.41 Å². The third-order valence-electron chi connectivity index (χ3n) is 5.36. The molecule has 0 saturated carbocycles. The maximum absolute atomic E-state index is 13.6. The summed E-state index contributed by atoms with van der Waals surface area (Å²) in [6.45, 7) is 6.92. The summed E-state index contributed by atoms with van der Waals surface area (Å²) >= 11 is 0. The standard InChI is InChI=1S/C23H29N3O2/c1-23(2,21(27)25-16-14-24(3)15-17-25)22(28)26(20-12-8-5-9-13-20)18-19-10-6-4-7-11-19/h4-13H,14-18H2,1-3H3. The normalized spacial score (nSPS) is 15.3. The minimum Gasteiger partial charge on any atom is -0.339 e. The summed E-state index contributed by atoms with van der Waals surface area (Å²) in [5.74, 6) is -0.272. The van der Waals surface area contributed by atoms with Crippen LogP contribution in [0.3, 0.4) is 0 Å². The number of amides is 2. The molecule has 0 N–H and O–H groups in total. The van der Waals surface area contributed by atoms with Gasteiger partial charge in [-0.2, -0.15) is 0 Å². The lowest BCUT2D eigenvalue weighted by Crippen LogP contribution is -2.55. The van der Waals surface area contributed by atoms with Crippen LogP contribution in [0.2, 0.25) is 0 Å². The Kier molecular flexibility index (Phi) is 6.15. The van der Waals surface area contributed by atoms with Crippen molar-refractivity contribution in [1.29, 1.82) is 0 Å². The van der Waals surface area contributed by atoms with Gasteiger partial charge in [-0.3, -0.25) is 9.59 Å². The predicted octanol–water partition coefficient (Wildman–Crippen LogP) is 3.02. The van der Waals surface area contributed by atoms with Crippen LogP contribution in [0.5, 0.6) is 0 Å². The second-order valence-corrected chi connectivity index (χ2v) is 7.93. The van der Waals surface area contributed by atoms with Crippen molar-refractivity contribution in [2.45, 2.75) is 20.4 Å². The van der Waals surface area contributed by atoms with E-state index in [9.17, 15) is 9.59 Å². The molecule has 0 aromatic heterocycles. The van der Waals surface area contributed by atoms with E-state index in [4.69, 9.17) is 0 Å².